The van der Waals surface area contributed by atoms with Gasteiger partial charge < -0.3 is 9.84 Å². The molecular formula is C12H8F2O2. The molecule has 0 unspecified atom stereocenters. The van der Waals surface area contributed by atoms with Crippen LogP contribution in [-0.4, -0.2) is 5.11 Å². The van der Waals surface area contributed by atoms with Gasteiger partial charge in [-0.2, -0.15) is 4.39 Å². The number of benzene rings is 2. The van der Waals surface area contributed by atoms with Crippen molar-refractivity contribution in [2.75, 3.05) is 0 Å². The van der Waals surface area contributed by atoms with E-state index < -0.39 is 17.4 Å². The first-order valence-corrected chi connectivity index (χ1v) is 4.58. The number of phenols is 1. The van der Waals surface area contributed by atoms with E-state index in [-0.39, 0.29) is 5.75 Å². The van der Waals surface area contributed by atoms with Crippen LogP contribution in [0, 0.1) is 11.6 Å². The second-order valence-electron chi connectivity index (χ2n) is 3.15. The molecule has 2 nitrogen and oxygen atoms in total. The van der Waals surface area contributed by atoms with Gasteiger partial charge in [-0.1, -0.05) is 6.07 Å². The van der Waals surface area contributed by atoms with Gasteiger partial charge in [0.05, 0.1) is 0 Å². The van der Waals surface area contributed by atoms with Crippen LogP contribution in [0.1, 0.15) is 0 Å². The molecular weight excluding hydrogens is 214 g/mol. The van der Waals surface area contributed by atoms with Crippen molar-refractivity contribution < 1.29 is 18.6 Å². The summed E-state index contributed by atoms with van der Waals surface area (Å²) in [6.07, 6.45) is 0. The molecule has 0 aliphatic rings. The highest BCUT2D eigenvalue weighted by Gasteiger charge is 2.08. The Balaban J connectivity index is 2.27. The molecule has 82 valence electrons. The van der Waals surface area contributed by atoms with Crippen molar-refractivity contribution in [3.8, 4) is 17.2 Å². The fourth-order valence-electron chi connectivity index (χ4n) is 1.21. The van der Waals surface area contributed by atoms with E-state index in [2.05, 4.69) is 0 Å². The van der Waals surface area contributed by atoms with Crippen molar-refractivity contribution in [2.45, 2.75) is 0 Å². The predicted octanol–water partition coefficient (Wildman–Crippen LogP) is 3.46. The minimum Gasteiger partial charge on any atom is -0.505 e. The predicted molar refractivity (Wildman–Crippen MR) is 54.5 cm³/mol. The van der Waals surface area contributed by atoms with Crippen LogP contribution in [-0.2, 0) is 0 Å². The van der Waals surface area contributed by atoms with E-state index in [1.807, 2.05) is 0 Å². The molecule has 4 heteroatoms. The van der Waals surface area contributed by atoms with Gasteiger partial charge >= 0.3 is 0 Å². The minimum atomic E-state index is -0.841. The lowest BCUT2D eigenvalue weighted by molar-refractivity contribution is 0.395. The molecule has 0 saturated heterocycles. The summed E-state index contributed by atoms with van der Waals surface area (Å²) in [5, 5.41) is 9.11. The quantitative estimate of drug-likeness (QED) is 0.843. The lowest BCUT2D eigenvalue weighted by Crippen LogP contribution is -1.88. The van der Waals surface area contributed by atoms with Crippen LogP contribution in [0.2, 0.25) is 0 Å². The van der Waals surface area contributed by atoms with Gasteiger partial charge in [-0.05, 0) is 36.4 Å². The average molecular weight is 222 g/mol. The van der Waals surface area contributed by atoms with Crippen molar-refractivity contribution in [1.29, 1.82) is 0 Å². The molecule has 0 aliphatic carbocycles. The summed E-state index contributed by atoms with van der Waals surface area (Å²) < 4.78 is 31.1. The molecule has 1 N–H and O–H groups in total. The van der Waals surface area contributed by atoms with Crippen molar-refractivity contribution in [3.63, 3.8) is 0 Å². The minimum absolute atomic E-state index is 0.105. The molecule has 0 saturated carbocycles. The summed E-state index contributed by atoms with van der Waals surface area (Å²) in [6, 6.07) is 9.20. The molecule has 16 heavy (non-hydrogen) atoms. The Kier molecular flexibility index (Phi) is 2.72. The van der Waals surface area contributed by atoms with Crippen molar-refractivity contribution >= 4 is 0 Å². The molecule has 2 rings (SSSR count). The molecule has 0 spiro atoms. The van der Waals surface area contributed by atoms with Gasteiger partial charge in [0.1, 0.15) is 11.6 Å². The molecule has 0 atom stereocenters. The molecule has 0 radical (unpaired) electrons. The molecule has 0 fully saturated rings. The van der Waals surface area contributed by atoms with E-state index >= 15 is 0 Å². The molecule has 0 amide bonds. The second kappa shape index (κ2) is 4.18. The van der Waals surface area contributed by atoms with Gasteiger partial charge in [0.15, 0.2) is 11.5 Å². The van der Waals surface area contributed by atoms with E-state index in [0.29, 0.717) is 5.75 Å². The van der Waals surface area contributed by atoms with Crippen LogP contribution in [0.25, 0.3) is 0 Å². The van der Waals surface area contributed by atoms with Gasteiger partial charge in [0.2, 0.25) is 5.82 Å². The Morgan fingerprint density at radius 3 is 2.31 bits per heavy atom. The van der Waals surface area contributed by atoms with Crippen LogP contribution >= 0.6 is 0 Å². The van der Waals surface area contributed by atoms with Crippen molar-refractivity contribution in [2.24, 2.45) is 0 Å². The molecule has 0 heterocycles. The normalized spacial score (nSPS) is 10.1. The Labute approximate surface area is 90.7 Å². The first-order valence-electron chi connectivity index (χ1n) is 4.58. The zero-order chi connectivity index (χ0) is 11.5. The lowest BCUT2D eigenvalue weighted by atomic mass is 10.3. The maximum Gasteiger partial charge on any atom is 0.207 e. The Morgan fingerprint density at radius 1 is 0.938 bits per heavy atom. The maximum atomic E-state index is 13.3. The smallest absolute Gasteiger partial charge is 0.207 e. The van der Waals surface area contributed by atoms with Gasteiger partial charge in [0, 0.05) is 0 Å². The van der Waals surface area contributed by atoms with Crippen molar-refractivity contribution in [3.05, 3.63) is 54.1 Å². The summed E-state index contributed by atoms with van der Waals surface area (Å²) in [4.78, 5) is 0. The first-order chi connectivity index (χ1) is 7.66. The van der Waals surface area contributed by atoms with Crippen LogP contribution in [0.3, 0.4) is 0 Å². The number of aromatic hydroxyl groups is 1. The fraction of sp³-hybridized carbons (Fsp3) is 0. The maximum absolute atomic E-state index is 13.3. The number of halogens is 2. The van der Waals surface area contributed by atoms with Gasteiger partial charge in [-0.15, -0.1) is 0 Å². The van der Waals surface area contributed by atoms with E-state index in [1.165, 1.54) is 42.5 Å². The highest BCUT2D eigenvalue weighted by Crippen LogP contribution is 2.29. The number of ether oxygens (including phenoxy) is 1. The third-order valence-corrected chi connectivity index (χ3v) is 1.98. The van der Waals surface area contributed by atoms with Gasteiger partial charge in [0.25, 0.3) is 0 Å². The highest BCUT2D eigenvalue weighted by atomic mass is 19.1. The van der Waals surface area contributed by atoms with Gasteiger partial charge in [-0.25, -0.2) is 4.39 Å². The zero-order valence-corrected chi connectivity index (χ0v) is 8.15. The molecule has 0 aromatic heterocycles. The van der Waals surface area contributed by atoms with Crippen molar-refractivity contribution in [1.82, 2.24) is 0 Å². The standard InChI is InChI=1S/C12H8F2O2/c13-8-4-6-9(7-5-8)16-11-3-1-2-10(15)12(11)14/h1-7,15H. The summed E-state index contributed by atoms with van der Waals surface area (Å²) in [6.45, 7) is 0. The number of hydrogen-bond donors (Lipinski definition) is 1. The fourth-order valence-corrected chi connectivity index (χ4v) is 1.21. The average Bonchev–Trinajstić information content (AvgIpc) is 2.28. The Hall–Kier alpha value is -2.10. The largest absolute Gasteiger partial charge is 0.505 e. The van der Waals surface area contributed by atoms with E-state index in [0.717, 1.165) is 0 Å². The summed E-state index contributed by atoms with van der Waals surface area (Å²) in [5.74, 6) is -1.53. The number of hydrogen-bond acceptors (Lipinski definition) is 2. The van der Waals surface area contributed by atoms with Crippen LogP contribution in [0.15, 0.2) is 42.5 Å². The highest BCUT2D eigenvalue weighted by molar-refractivity contribution is 5.38. The topological polar surface area (TPSA) is 29.5 Å². The first kappa shape index (κ1) is 10.4. The SMILES string of the molecule is Oc1cccc(Oc2ccc(F)cc2)c1F. The Morgan fingerprint density at radius 2 is 1.62 bits per heavy atom. The second-order valence-corrected chi connectivity index (χ2v) is 3.15. The van der Waals surface area contributed by atoms with E-state index in [4.69, 9.17) is 9.84 Å². The van der Waals surface area contributed by atoms with E-state index in [9.17, 15) is 8.78 Å². The summed E-state index contributed by atoms with van der Waals surface area (Å²) in [7, 11) is 0. The number of rotatable bonds is 2. The molecule has 0 aliphatic heterocycles. The monoisotopic (exact) mass is 222 g/mol. The van der Waals surface area contributed by atoms with Crippen LogP contribution < -0.4 is 4.74 Å². The molecule has 0 bridgehead atoms. The van der Waals surface area contributed by atoms with Crippen LogP contribution in [0.4, 0.5) is 8.78 Å². The summed E-state index contributed by atoms with van der Waals surface area (Å²) in [5.41, 5.74) is 0. The molecule has 2 aromatic rings. The van der Waals surface area contributed by atoms with E-state index in [1.54, 1.807) is 0 Å². The molecule has 2 aromatic carbocycles. The number of phenolic OH excluding ortho intramolecular Hbond substituents is 1. The third-order valence-electron chi connectivity index (χ3n) is 1.98. The third kappa shape index (κ3) is 2.11. The van der Waals surface area contributed by atoms with Crippen LogP contribution in [0.5, 0.6) is 17.2 Å². The lowest BCUT2D eigenvalue weighted by Gasteiger charge is -2.06. The summed E-state index contributed by atoms with van der Waals surface area (Å²) >= 11 is 0. The zero-order valence-electron chi connectivity index (χ0n) is 8.15. The Bertz CT molecular complexity index is 495. The van der Waals surface area contributed by atoms with Gasteiger partial charge in [-0.3, -0.25) is 0 Å².